The highest BCUT2D eigenvalue weighted by Crippen LogP contribution is 2.38. The minimum Gasteiger partial charge on any atom is -0.493 e. The Morgan fingerprint density at radius 3 is 2.06 bits per heavy atom. The van der Waals surface area contributed by atoms with Gasteiger partial charge in [0.25, 0.3) is 5.69 Å². The van der Waals surface area contributed by atoms with E-state index in [2.05, 4.69) is 0 Å². The minimum atomic E-state index is -0.745. The summed E-state index contributed by atoms with van der Waals surface area (Å²) in [5.74, 6) is 0.550. The van der Waals surface area contributed by atoms with Gasteiger partial charge in [0.1, 0.15) is 5.75 Å². The zero-order valence-corrected chi connectivity index (χ0v) is 18.6. The number of allylic oxidation sites excluding steroid dienone is 1. The van der Waals surface area contributed by atoms with Crippen LogP contribution in [0.15, 0.2) is 66.7 Å². The maximum atomic E-state index is 12.6. The van der Waals surface area contributed by atoms with Crippen molar-refractivity contribution in [3.05, 3.63) is 93.5 Å². The number of rotatable bonds is 9. The summed E-state index contributed by atoms with van der Waals surface area (Å²) in [5, 5.41) is 10.9. The SMILES string of the molecule is COc1cc(/C=C/C(=O)c2ccc(OC(=O)c3cccc([N+](=O)[O-])c3)cc2)cc(OC)c1OC. The van der Waals surface area contributed by atoms with Gasteiger partial charge in [-0.3, -0.25) is 14.9 Å². The van der Waals surface area contributed by atoms with Gasteiger partial charge in [0.05, 0.1) is 31.8 Å². The molecule has 34 heavy (non-hydrogen) atoms. The monoisotopic (exact) mass is 463 g/mol. The van der Waals surface area contributed by atoms with Crippen molar-refractivity contribution in [3.63, 3.8) is 0 Å². The molecular formula is C25H21NO8. The van der Waals surface area contributed by atoms with E-state index in [-0.39, 0.29) is 22.8 Å². The molecule has 0 atom stereocenters. The first-order valence-electron chi connectivity index (χ1n) is 9.95. The third-order valence-corrected chi connectivity index (χ3v) is 4.76. The van der Waals surface area contributed by atoms with Crippen molar-refractivity contribution in [2.24, 2.45) is 0 Å². The Morgan fingerprint density at radius 2 is 1.50 bits per heavy atom. The molecule has 0 radical (unpaired) electrons. The molecule has 3 aromatic carbocycles. The predicted molar refractivity (Wildman–Crippen MR) is 124 cm³/mol. The fraction of sp³-hybridized carbons (Fsp3) is 0.120. The Labute approximate surface area is 195 Å². The molecule has 0 amide bonds. The number of non-ortho nitro benzene ring substituents is 1. The van der Waals surface area contributed by atoms with E-state index in [0.717, 1.165) is 6.07 Å². The van der Waals surface area contributed by atoms with Gasteiger partial charge in [-0.2, -0.15) is 0 Å². The fourth-order valence-electron chi connectivity index (χ4n) is 3.07. The molecule has 9 nitrogen and oxygen atoms in total. The number of carbonyl (C=O) groups is 2. The number of carbonyl (C=O) groups excluding carboxylic acids is 2. The van der Waals surface area contributed by atoms with Crippen LogP contribution in [0.2, 0.25) is 0 Å². The van der Waals surface area contributed by atoms with Crippen LogP contribution in [-0.2, 0) is 0 Å². The number of ketones is 1. The van der Waals surface area contributed by atoms with E-state index in [9.17, 15) is 19.7 Å². The number of nitrogens with zero attached hydrogens (tertiary/aromatic N) is 1. The van der Waals surface area contributed by atoms with Crippen LogP contribution >= 0.6 is 0 Å². The topological polar surface area (TPSA) is 114 Å². The summed E-state index contributed by atoms with van der Waals surface area (Å²) in [6.45, 7) is 0. The quantitative estimate of drug-likeness (QED) is 0.112. The highest BCUT2D eigenvalue weighted by atomic mass is 16.6. The van der Waals surface area contributed by atoms with Crippen molar-refractivity contribution < 1.29 is 33.5 Å². The van der Waals surface area contributed by atoms with Crippen LogP contribution in [-0.4, -0.2) is 38.0 Å². The Balaban J connectivity index is 1.71. The lowest BCUT2D eigenvalue weighted by Crippen LogP contribution is -2.09. The maximum absolute atomic E-state index is 12.6. The minimum absolute atomic E-state index is 0.0441. The molecular weight excluding hydrogens is 442 g/mol. The lowest BCUT2D eigenvalue weighted by molar-refractivity contribution is -0.384. The number of benzene rings is 3. The van der Waals surface area contributed by atoms with Gasteiger partial charge in [-0.25, -0.2) is 4.79 Å². The third kappa shape index (κ3) is 5.57. The molecule has 0 aliphatic rings. The average Bonchev–Trinajstić information content (AvgIpc) is 2.86. The van der Waals surface area contributed by atoms with Crippen LogP contribution in [0.1, 0.15) is 26.3 Å². The normalized spacial score (nSPS) is 10.6. The van der Waals surface area contributed by atoms with Gasteiger partial charge < -0.3 is 18.9 Å². The van der Waals surface area contributed by atoms with Gasteiger partial charge in [-0.1, -0.05) is 12.1 Å². The fourth-order valence-corrected chi connectivity index (χ4v) is 3.07. The Bertz CT molecular complexity index is 1220. The molecule has 0 aliphatic carbocycles. The number of nitro benzene ring substituents is 1. The molecule has 0 aromatic heterocycles. The lowest BCUT2D eigenvalue weighted by atomic mass is 10.1. The molecule has 0 N–H and O–H groups in total. The van der Waals surface area contributed by atoms with Crippen LogP contribution < -0.4 is 18.9 Å². The van der Waals surface area contributed by atoms with Crippen molar-refractivity contribution in [1.82, 2.24) is 0 Å². The first kappa shape index (κ1) is 24.0. The standard InChI is InChI=1S/C25H21NO8/c1-31-22-13-16(14-23(32-2)24(22)33-3)7-12-21(27)17-8-10-20(11-9-17)34-25(28)18-5-4-6-19(15-18)26(29)30/h4-15H,1-3H3/b12-7+. The number of esters is 1. The summed E-state index contributed by atoms with van der Waals surface area (Å²) < 4.78 is 21.1. The summed E-state index contributed by atoms with van der Waals surface area (Å²) in [5.41, 5.74) is 0.876. The Morgan fingerprint density at radius 1 is 0.853 bits per heavy atom. The van der Waals surface area contributed by atoms with E-state index in [1.165, 1.54) is 69.9 Å². The van der Waals surface area contributed by atoms with Gasteiger partial charge in [-0.15, -0.1) is 0 Å². The second kappa shape index (κ2) is 10.8. The smallest absolute Gasteiger partial charge is 0.343 e. The summed E-state index contributed by atoms with van der Waals surface area (Å²) in [7, 11) is 4.51. The highest BCUT2D eigenvalue weighted by molar-refractivity contribution is 6.07. The number of ether oxygens (including phenoxy) is 4. The first-order chi connectivity index (χ1) is 16.4. The van der Waals surface area contributed by atoms with Crippen LogP contribution in [0.4, 0.5) is 5.69 Å². The maximum Gasteiger partial charge on any atom is 0.343 e. The van der Waals surface area contributed by atoms with E-state index in [4.69, 9.17) is 18.9 Å². The largest absolute Gasteiger partial charge is 0.493 e. The predicted octanol–water partition coefficient (Wildman–Crippen LogP) is 4.74. The molecule has 0 fully saturated rings. The second-order valence-electron chi connectivity index (χ2n) is 6.88. The van der Waals surface area contributed by atoms with Gasteiger partial charge in [0.2, 0.25) is 5.75 Å². The van der Waals surface area contributed by atoms with E-state index >= 15 is 0 Å². The number of hydrogen-bond acceptors (Lipinski definition) is 8. The molecule has 0 saturated heterocycles. The average molecular weight is 463 g/mol. The van der Waals surface area contributed by atoms with Gasteiger partial charge in [0, 0.05) is 17.7 Å². The molecule has 9 heteroatoms. The lowest BCUT2D eigenvalue weighted by Gasteiger charge is -2.12. The number of hydrogen-bond donors (Lipinski definition) is 0. The summed E-state index contributed by atoms with van der Waals surface area (Å²) >= 11 is 0. The molecule has 3 aromatic rings. The van der Waals surface area contributed by atoms with Crippen molar-refractivity contribution in [1.29, 1.82) is 0 Å². The van der Waals surface area contributed by atoms with Crippen molar-refractivity contribution in [3.8, 4) is 23.0 Å². The molecule has 0 unspecified atom stereocenters. The summed E-state index contributed by atoms with van der Waals surface area (Å²) in [4.78, 5) is 35.1. The molecule has 174 valence electrons. The molecule has 3 rings (SSSR count). The zero-order chi connectivity index (χ0) is 24.7. The van der Waals surface area contributed by atoms with E-state index in [1.807, 2.05) is 0 Å². The van der Waals surface area contributed by atoms with E-state index in [1.54, 1.807) is 18.2 Å². The Kier molecular flexibility index (Phi) is 7.60. The summed E-state index contributed by atoms with van der Waals surface area (Å²) in [6.07, 6.45) is 3.01. The number of methoxy groups -OCH3 is 3. The van der Waals surface area contributed by atoms with Crippen LogP contribution in [0.25, 0.3) is 6.08 Å². The van der Waals surface area contributed by atoms with Crippen molar-refractivity contribution in [2.45, 2.75) is 0 Å². The summed E-state index contributed by atoms with van der Waals surface area (Å²) in [6, 6.07) is 14.6. The van der Waals surface area contributed by atoms with E-state index < -0.39 is 10.9 Å². The van der Waals surface area contributed by atoms with Crippen LogP contribution in [0.5, 0.6) is 23.0 Å². The Hall–Kier alpha value is -4.66. The molecule has 0 bridgehead atoms. The molecule has 0 saturated carbocycles. The molecule has 0 spiro atoms. The van der Waals surface area contributed by atoms with Crippen molar-refractivity contribution in [2.75, 3.05) is 21.3 Å². The van der Waals surface area contributed by atoms with Crippen LogP contribution in [0, 0.1) is 10.1 Å². The van der Waals surface area contributed by atoms with E-state index in [0.29, 0.717) is 28.4 Å². The highest BCUT2D eigenvalue weighted by Gasteiger charge is 2.14. The first-order valence-corrected chi connectivity index (χ1v) is 9.95. The van der Waals surface area contributed by atoms with Gasteiger partial charge >= 0.3 is 5.97 Å². The van der Waals surface area contributed by atoms with Crippen LogP contribution in [0.3, 0.4) is 0 Å². The van der Waals surface area contributed by atoms with Crippen molar-refractivity contribution >= 4 is 23.5 Å². The zero-order valence-electron chi connectivity index (χ0n) is 18.6. The van der Waals surface area contributed by atoms with Gasteiger partial charge in [-0.05, 0) is 54.1 Å². The molecule has 0 aliphatic heterocycles. The second-order valence-corrected chi connectivity index (χ2v) is 6.88. The molecule has 0 heterocycles. The number of nitro groups is 1. The van der Waals surface area contributed by atoms with Gasteiger partial charge in [0.15, 0.2) is 17.3 Å². The third-order valence-electron chi connectivity index (χ3n) is 4.76.